The Morgan fingerprint density at radius 3 is 2.48 bits per heavy atom. The molecule has 0 radical (unpaired) electrons. The third kappa shape index (κ3) is 4.39. The molecule has 2 heterocycles. The summed E-state index contributed by atoms with van der Waals surface area (Å²) in [6.45, 7) is -0.146. The van der Waals surface area contributed by atoms with Gasteiger partial charge < -0.3 is 5.11 Å². The van der Waals surface area contributed by atoms with Crippen molar-refractivity contribution < 1.29 is 24.3 Å². The fraction of sp³-hybridized carbons (Fsp3) is 0.478. The van der Waals surface area contributed by atoms with Gasteiger partial charge in [-0.1, -0.05) is 63.1 Å². The summed E-state index contributed by atoms with van der Waals surface area (Å²) in [7, 11) is 0. The van der Waals surface area contributed by atoms with Crippen molar-refractivity contribution in [2.24, 2.45) is 5.92 Å². The number of anilines is 1. The van der Waals surface area contributed by atoms with Gasteiger partial charge in [-0.05, 0) is 30.2 Å². The Balaban J connectivity index is 1.48. The molecule has 4 rings (SSSR count). The van der Waals surface area contributed by atoms with Crippen LogP contribution >= 0.6 is 11.8 Å². The van der Waals surface area contributed by atoms with Gasteiger partial charge in [0.1, 0.15) is 6.54 Å². The summed E-state index contributed by atoms with van der Waals surface area (Å²) in [6, 6.07) is 6.77. The Morgan fingerprint density at radius 2 is 1.74 bits per heavy atom. The van der Waals surface area contributed by atoms with Crippen LogP contribution in [0.25, 0.3) is 5.57 Å². The fourth-order valence-corrected chi connectivity index (χ4v) is 5.67. The number of benzene rings is 1. The third-order valence-corrected chi connectivity index (χ3v) is 7.24. The van der Waals surface area contributed by atoms with Crippen LogP contribution in [0.1, 0.15) is 56.9 Å². The normalized spacial score (nSPS) is 21.9. The first-order valence-corrected chi connectivity index (χ1v) is 11.7. The second-order valence-corrected chi connectivity index (χ2v) is 9.29. The van der Waals surface area contributed by atoms with E-state index < -0.39 is 24.3 Å². The first-order valence-electron chi connectivity index (χ1n) is 10.9. The second-order valence-electron chi connectivity index (χ2n) is 8.33. The molecule has 164 valence electrons. The van der Waals surface area contributed by atoms with Gasteiger partial charge in [-0.25, -0.2) is 0 Å². The molecule has 0 atom stereocenters. The Kier molecular flexibility index (Phi) is 6.46. The number of carboxylic acids is 1. The van der Waals surface area contributed by atoms with E-state index in [0.717, 1.165) is 41.8 Å². The van der Waals surface area contributed by atoms with E-state index in [2.05, 4.69) is 0 Å². The smallest absolute Gasteiger partial charge is 0.323 e. The number of thioether (sulfide) groups is 1. The van der Waals surface area contributed by atoms with Crippen LogP contribution in [0.4, 0.5) is 10.5 Å². The number of nitrogens with zero attached hydrogens (tertiary/aromatic N) is 2. The highest BCUT2D eigenvalue weighted by Gasteiger charge is 2.43. The molecular weight excluding hydrogens is 416 g/mol. The molecule has 1 aromatic carbocycles. The molecule has 1 saturated carbocycles. The number of rotatable bonds is 7. The van der Waals surface area contributed by atoms with Gasteiger partial charge in [0.15, 0.2) is 0 Å². The predicted octanol–water partition coefficient (Wildman–Crippen LogP) is 4.27. The molecule has 8 heteroatoms. The number of carboxylic acid groups (broad SMARTS) is 1. The van der Waals surface area contributed by atoms with Gasteiger partial charge in [-0.15, -0.1) is 0 Å². The van der Waals surface area contributed by atoms with Crippen molar-refractivity contribution in [2.75, 3.05) is 18.0 Å². The average Bonchev–Trinajstić information content (AvgIpc) is 3.19. The number of hydrogen-bond acceptors (Lipinski definition) is 5. The number of imide groups is 1. The lowest BCUT2D eigenvalue weighted by molar-refractivity contribution is -0.136. The van der Waals surface area contributed by atoms with Crippen LogP contribution in [-0.2, 0) is 14.4 Å². The topological polar surface area (TPSA) is 95.0 Å². The zero-order valence-electron chi connectivity index (χ0n) is 17.3. The fourth-order valence-electron chi connectivity index (χ4n) is 4.71. The monoisotopic (exact) mass is 442 g/mol. The maximum atomic E-state index is 13.0. The molecule has 31 heavy (non-hydrogen) atoms. The van der Waals surface area contributed by atoms with Crippen molar-refractivity contribution in [2.45, 2.75) is 51.4 Å². The minimum Gasteiger partial charge on any atom is -0.480 e. The lowest BCUT2D eigenvalue weighted by Crippen LogP contribution is -2.33. The van der Waals surface area contributed by atoms with Crippen LogP contribution in [0.2, 0.25) is 0 Å². The summed E-state index contributed by atoms with van der Waals surface area (Å²) in [5, 5.41) is 8.81. The number of para-hydroxylation sites is 1. The Morgan fingerprint density at radius 1 is 1.00 bits per heavy atom. The summed E-state index contributed by atoms with van der Waals surface area (Å²) in [5.41, 5.74) is 1.07. The minimum absolute atomic E-state index is 0.0996. The quantitative estimate of drug-likeness (QED) is 0.500. The molecule has 3 aliphatic rings. The van der Waals surface area contributed by atoms with Crippen molar-refractivity contribution in [1.82, 2.24) is 4.90 Å². The highest BCUT2D eigenvalue weighted by atomic mass is 32.2. The van der Waals surface area contributed by atoms with Crippen LogP contribution in [0.15, 0.2) is 29.2 Å². The van der Waals surface area contributed by atoms with E-state index in [1.165, 1.54) is 37.0 Å². The Hall–Kier alpha value is -2.61. The summed E-state index contributed by atoms with van der Waals surface area (Å²) >= 11 is 0.776. The van der Waals surface area contributed by atoms with Gasteiger partial charge in [0.2, 0.25) is 0 Å². The van der Waals surface area contributed by atoms with Gasteiger partial charge in [0, 0.05) is 12.1 Å². The van der Waals surface area contributed by atoms with Crippen LogP contribution in [-0.4, -0.2) is 46.1 Å². The summed E-state index contributed by atoms with van der Waals surface area (Å²) in [5.74, 6) is -1.39. The average molecular weight is 443 g/mol. The Labute approximate surface area is 185 Å². The SMILES string of the molecule is O=C(O)CN1C(=O)/C(=C2\SC(=O)N(CCCCC3CCCCC3)C2=O)c2ccccc21. The third-order valence-electron chi connectivity index (χ3n) is 6.26. The minimum atomic E-state index is -1.14. The van der Waals surface area contributed by atoms with E-state index in [-0.39, 0.29) is 15.7 Å². The zero-order valence-corrected chi connectivity index (χ0v) is 18.2. The van der Waals surface area contributed by atoms with Crippen molar-refractivity contribution in [3.8, 4) is 0 Å². The van der Waals surface area contributed by atoms with E-state index in [9.17, 15) is 24.3 Å². The first kappa shape index (κ1) is 21.6. The number of carbonyl (C=O) groups excluding carboxylic acids is 3. The molecule has 0 aromatic heterocycles. The van der Waals surface area contributed by atoms with Gasteiger partial charge in [0.05, 0.1) is 16.2 Å². The van der Waals surface area contributed by atoms with E-state index in [4.69, 9.17) is 0 Å². The highest BCUT2D eigenvalue weighted by molar-refractivity contribution is 8.18. The molecule has 1 saturated heterocycles. The predicted molar refractivity (Wildman–Crippen MR) is 118 cm³/mol. The van der Waals surface area contributed by atoms with Crippen LogP contribution in [0.3, 0.4) is 0 Å². The largest absolute Gasteiger partial charge is 0.480 e. The molecule has 1 aromatic rings. The summed E-state index contributed by atoms with van der Waals surface area (Å²) < 4.78 is 0. The van der Waals surface area contributed by atoms with Crippen LogP contribution < -0.4 is 4.90 Å². The van der Waals surface area contributed by atoms with E-state index in [0.29, 0.717) is 17.8 Å². The Bertz CT molecular complexity index is 951. The number of amides is 3. The second kappa shape index (κ2) is 9.26. The van der Waals surface area contributed by atoms with Crippen molar-refractivity contribution >= 4 is 46.0 Å². The maximum Gasteiger partial charge on any atom is 0.323 e. The molecule has 0 spiro atoms. The van der Waals surface area contributed by atoms with E-state index in [1.807, 2.05) is 0 Å². The molecule has 2 fully saturated rings. The molecule has 0 bridgehead atoms. The first-order chi connectivity index (χ1) is 15.0. The molecule has 1 aliphatic carbocycles. The van der Waals surface area contributed by atoms with Gasteiger partial charge >= 0.3 is 5.97 Å². The van der Waals surface area contributed by atoms with Crippen molar-refractivity contribution in [3.05, 3.63) is 34.7 Å². The maximum absolute atomic E-state index is 13.0. The van der Waals surface area contributed by atoms with E-state index in [1.54, 1.807) is 24.3 Å². The lowest BCUT2D eigenvalue weighted by Gasteiger charge is -2.21. The number of unbranched alkanes of at least 4 members (excludes halogenated alkanes) is 1. The molecule has 0 unspecified atom stereocenters. The van der Waals surface area contributed by atoms with E-state index >= 15 is 0 Å². The molecule has 7 nitrogen and oxygen atoms in total. The van der Waals surface area contributed by atoms with Gasteiger partial charge in [-0.3, -0.25) is 29.0 Å². The molecular formula is C23H26N2O5S. The molecule has 2 aliphatic heterocycles. The number of fused-ring (bicyclic) bond motifs is 1. The van der Waals surface area contributed by atoms with Crippen LogP contribution in [0, 0.1) is 5.92 Å². The van der Waals surface area contributed by atoms with Crippen LogP contribution in [0.5, 0.6) is 0 Å². The van der Waals surface area contributed by atoms with Gasteiger partial charge in [0.25, 0.3) is 17.1 Å². The standard InChI is InChI=1S/C23H26N2O5S/c26-18(27)14-25-17-12-5-4-11-16(17)19(21(25)28)20-22(29)24(23(30)31-20)13-7-6-10-15-8-2-1-3-9-15/h4-5,11-12,15H,1-3,6-10,13-14H2,(H,26,27)/b20-19-. The summed E-state index contributed by atoms with van der Waals surface area (Å²) in [4.78, 5) is 52.2. The zero-order chi connectivity index (χ0) is 22.0. The lowest BCUT2D eigenvalue weighted by atomic mass is 9.86. The number of carbonyl (C=O) groups is 4. The number of aliphatic carboxylic acids is 1. The van der Waals surface area contributed by atoms with Gasteiger partial charge in [-0.2, -0.15) is 0 Å². The van der Waals surface area contributed by atoms with Crippen molar-refractivity contribution in [3.63, 3.8) is 0 Å². The van der Waals surface area contributed by atoms with Crippen molar-refractivity contribution in [1.29, 1.82) is 0 Å². The summed E-state index contributed by atoms with van der Waals surface area (Å²) in [6.07, 6.45) is 9.36. The molecule has 1 N–H and O–H groups in total. The molecule has 3 amide bonds. The number of hydrogen-bond donors (Lipinski definition) is 1. The highest BCUT2D eigenvalue weighted by Crippen LogP contribution is 2.44.